The number of hydrogen-bond donors (Lipinski definition) is 1. The molecule has 2 aromatic rings. The molecule has 0 saturated heterocycles. The first kappa shape index (κ1) is 15.5. The molecule has 0 aliphatic heterocycles. The molecule has 112 valence electrons. The van der Waals surface area contributed by atoms with Crippen LogP contribution in [0.5, 0.6) is 0 Å². The van der Waals surface area contributed by atoms with Gasteiger partial charge in [0.25, 0.3) is 0 Å². The molecule has 0 unspecified atom stereocenters. The van der Waals surface area contributed by atoms with Crippen molar-refractivity contribution in [2.24, 2.45) is 0 Å². The maximum Gasteiger partial charge on any atom is 0.244 e. The Morgan fingerprint density at radius 2 is 1.67 bits per heavy atom. The standard InChI is InChI=1S/C14H12F3NO2S/c1-9(11-7-6-10(15)8-13(11)17)18-21(19,20)14-5-3-2-4-12(14)16/h2-9,18H,1H3/t9-/m1/s1. The maximum absolute atomic E-state index is 13.6. The predicted molar refractivity (Wildman–Crippen MR) is 71.5 cm³/mol. The van der Waals surface area contributed by atoms with Gasteiger partial charge < -0.3 is 0 Å². The van der Waals surface area contributed by atoms with Crippen LogP contribution in [0, 0.1) is 17.5 Å². The van der Waals surface area contributed by atoms with E-state index < -0.39 is 38.4 Å². The van der Waals surface area contributed by atoms with E-state index in [1.54, 1.807) is 0 Å². The lowest BCUT2D eigenvalue weighted by atomic mass is 10.1. The van der Waals surface area contributed by atoms with Crippen LogP contribution in [0.25, 0.3) is 0 Å². The van der Waals surface area contributed by atoms with E-state index in [-0.39, 0.29) is 5.56 Å². The fourth-order valence-electron chi connectivity index (χ4n) is 1.88. The van der Waals surface area contributed by atoms with Crippen molar-refractivity contribution in [2.75, 3.05) is 0 Å². The van der Waals surface area contributed by atoms with Crippen LogP contribution < -0.4 is 4.72 Å². The fourth-order valence-corrected chi connectivity index (χ4v) is 3.18. The molecule has 0 fully saturated rings. The van der Waals surface area contributed by atoms with Crippen molar-refractivity contribution in [3.05, 3.63) is 65.5 Å². The van der Waals surface area contributed by atoms with Gasteiger partial charge in [0.2, 0.25) is 10.0 Å². The van der Waals surface area contributed by atoms with Crippen LogP contribution in [0.4, 0.5) is 13.2 Å². The van der Waals surface area contributed by atoms with Crippen LogP contribution in [0.1, 0.15) is 18.5 Å². The third kappa shape index (κ3) is 3.43. The summed E-state index contributed by atoms with van der Waals surface area (Å²) in [5.74, 6) is -2.55. The van der Waals surface area contributed by atoms with Gasteiger partial charge in [0.15, 0.2) is 0 Å². The van der Waals surface area contributed by atoms with Gasteiger partial charge in [0, 0.05) is 17.7 Å². The molecule has 0 heterocycles. The molecule has 3 nitrogen and oxygen atoms in total. The summed E-state index contributed by atoms with van der Waals surface area (Å²) in [4.78, 5) is -0.528. The van der Waals surface area contributed by atoms with Crippen LogP contribution >= 0.6 is 0 Å². The summed E-state index contributed by atoms with van der Waals surface area (Å²) in [6, 6.07) is 6.69. The summed E-state index contributed by atoms with van der Waals surface area (Å²) in [6.07, 6.45) is 0. The quantitative estimate of drug-likeness (QED) is 0.942. The molecule has 0 radical (unpaired) electrons. The number of nitrogens with one attached hydrogen (secondary N) is 1. The molecule has 0 saturated carbocycles. The molecule has 1 N–H and O–H groups in total. The van der Waals surface area contributed by atoms with Gasteiger partial charge in [-0.25, -0.2) is 26.3 Å². The number of benzene rings is 2. The van der Waals surface area contributed by atoms with E-state index in [9.17, 15) is 21.6 Å². The Kier molecular flexibility index (Phi) is 4.34. The minimum absolute atomic E-state index is 0.0312. The maximum atomic E-state index is 13.6. The topological polar surface area (TPSA) is 46.2 Å². The van der Waals surface area contributed by atoms with E-state index in [2.05, 4.69) is 4.72 Å². The number of hydrogen-bond acceptors (Lipinski definition) is 2. The van der Waals surface area contributed by atoms with Crippen molar-refractivity contribution in [2.45, 2.75) is 17.9 Å². The Balaban J connectivity index is 2.30. The summed E-state index contributed by atoms with van der Waals surface area (Å²) in [5, 5.41) is 0. The van der Waals surface area contributed by atoms with Crippen LogP contribution in [0.15, 0.2) is 47.4 Å². The van der Waals surface area contributed by atoms with Crippen LogP contribution in [-0.2, 0) is 10.0 Å². The average Bonchev–Trinajstić information content (AvgIpc) is 2.38. The van der Waals surface area contributed by atoms with Crippen molar-refractivity contribution >= 4 is 10.0 Å². The zero-order valence-electron chi connectivity index (χ0n) is 11.0. The second kappa shape index (κ2) is 5.87. The smallest absolute Gasteiger partial charge is 0.207 e. The second-order valence-electron chi connectivity index (χ2n) is 4.44. The lowest BCUT2D eigenvalue weighted by molar-refractivity contribution is 0.532. The third-order valence-corrected chi connectivity index (χ3v) is 4.46. The summed E-state index contributed by atoms with van der Waals surface area (Å²) in [5.41, 5.74) is -0.0312. The van der Waals surface area contributed by atoms with Crippen molar-refractivity contribution < 1.29 is 21.6 Å². The van der Waals surface area contributed by atoms with E-state index in [0.29, 0.717) is 6.07 Å². The number of rotatable bonds is 4. The van der Waals surface area contributed by atoms with Gasteiger partial charge in [0.05, 0.1) is 0 Å². The normalized spacial score (nSPS) is 13.1. The molecule has 0 aromatic heterocycles. The van der Waals surface area contributed by atoms with Gasteiger partial charge in [-0.3, -0.25) is 0 Å². The Labute approximate surface area is 120 Å². The fraction of sp³-hybridized carbons (Fsp3) is 0.143. The first-order valence-corrected chi connectivity index (χ1v) is 7.51. The van der Waals surface area contributed by atoms with Gasteiger partial charge >= 0.3 is 0 Å². The number of halogens is 3. The Morgan fingerprint density at radius 3 is 2.29 bits per heavy atom. The van der Waals surface area contributed by atoms with Gasteiger partial charge in [-0.2, -0.15) is 0 Å². The Bertz CT molecular complexity index is 763. The summed E-state index contributed by atoms with van der Waals surface area (Å²) in [6.45, 7) is 1.38. The predicted octanol–water partition coefficient (Wildman–Crippen LogP) is 3.14. The highest BCUT2D eigenvalue weighted by atomic mass is 32.2. The molecule has 1 atom stereocenters. The van der Waals surface area contributed by atoms with Gasteiger partial charge in [-0.1, -0.05) is 18.2 Å². The molecule has 0 bridgehead atoms. The molecule has 0 spiro atoms. The molecule has 2 rings (SSSR count). The molecule has 0 amide bonds. The van der Waals surface area contributed by atoms with Crippen molar-refractivity contribution in [1.29, 1.82) is 0 Å². The van der Waals surface area contributed by atoms with Crippen LogP contribution in [-0.4, -0.2) is 8.42 Å². The van der Waals surface area contributed by atoms with Crippen molar-refractivity contribution in [1.82, 2.24) is 4.72 Å². The largest absolute Gasteiger partial charge is 0.244 e. The van der Waals surface area contributed by atoms with E-state index >= 15 is 0 Å². The van der Waals surface area contributed by atoms with Crippen molar-refractivity contribution in [3.63, 3.8) is 0 Å². The monoisotopic (exact) mass is 315 g/mol. The van der Waals surface area contributed by atoms with Gasteiger partial charge in [0.1, 0.15) is 22.3 Å². The number of sulfonamides is 1. The van der Waals surface area contributed by atoms with Crippen molar-refractivity contribution in [3.8, 4) is 0 Å². The highest BCUT2D eigenvalue weighted by Gasteiger charge is 2.23. The summed E-state index contributed by atoms with van der Waals surface area (Å²) >= 11 is 0. The Morgan fingerprint density at radius 1 is 1.00 bits per heavy atom. The minimum Gasteiger partial charge on any atom is -0.207 e. The summed E-state index contributed by atoms with van der Waals surface area (Å²) in [7, 11) is -4.15. The molecule has 0 aliphatic carbocycles. The van der Waals surface area contributed by atoms with Crippen LogP contribution in [0.2, 0.25) is 0 Å². The summed E-state index contributed by atoms with van der Waals surface area (Å²) < 4.78 is 66.3. The molecular formula is C14H12F3NO2S. The van der Waals surface area contributed by atoms with E-state index in [1.807, 2.05) is 0 Å². The molecule has 0 aliphatic rings. The van der Waals surface area contributed by atoms with Gasteiger partial charge in [-0.05, 0) is 25.1 Å². The zero-order valence-corrected chi connectivity index (χ0v) is 11.8. The Hall–Kier alpha value is -1.86. The van der Waals surface area contributed by atoms with E-state index in [1.165, 1.54) is 19.1 Å². The lowest BCUT2D eigenvalue weighted by Crippen LogP contribution is -2.28. The molecular weight excluding hydrogens is 303 g/mol. The first-order chi connectivity index (χ1) is 9.81. The molecule has 2 aromatic carbocycles. The second-order valence-corrected chi connectivity index (χ2v) is 6.12. The van der Waals surface area contributed by atoms with Gasteiger partial charge in [-0.15, -0.1) is 0 Å². The molecule has 7 heteroatoms. The SMILES string of the molecule is C[C@@H](NS(=O)(=O)c1ccccc1F)c1ccc(F)cc1F. The molecule has 21 heavy (non-hydrogen) atoms. The highest BCUT2D eigenvalue weighted by molar-refractivity contribution is 7.89. The minimum atomic E-state index is -4.15. The zero-order chi connectivity index (χ0) is 15.6. The third-order valence-electron chi connectivity index (χ3n) is 2.89. The lowest BCUT2D eigenvalue weighted by Gasteiger charge is -2.15. The van der Waals surface area contributed by atoms with E-state index in [0.717, 1.165) is 24.3 Å². The van der Waals surface area contributed by atoms with E-state index in [4.69, 9.17) is 0 Å². The van der Waals surface area contributed by atoms with Crippen LogP contribution in [0.3, 0.4) is 0 Å². The average molecular weight is 315 g/mol. The highest BCUT2D eigenvalue weighted by Crippen LogP contribution is 2.21. The first-order valence-electron chi connectivity index (χ1n) is 6.03.